The Morgan fingerprint density at radius 2 is 1.76 bits per heavy atom. The monoisotopic (exact) mass is 413 g/mol. The summed E-state index contributed by atoms with van der Waals surface area (Å²) in [6.45, 7) is 2.38. The van der Waals surface area contributed by atoms with Crippen molar-refractivity contribution in [2.24, 2.45) is 0 Å². The third kappa shape index (κ3) is 4.97. The van der Waals surface area contributed by atoms with Gasteiger partial charge in [-0.1, -0.05) is 35.9 Å². The molecular formula is C20H20ClN5O3. The first kappa shape index (κ1) is 19.1. The summed E-state index contributed by atoms with van der Waals surface area (Å²) in [4.78, 5) is 16.0. The Bertz CT molecular complexity index is 977. The first-order valence-corrected chi connectivity index (χ1v) is 9.55. The van der Waals surface area contributed by atoms with Crippen LogP contribution >= 0.6 is 11.6 Å². The highest BCUT2D eigenvalue weighted by molar-refractivity contribution is 6.32. The van der Waals surface area contributed by atoms with Crippen LogP contribution in [-0.4, -0.2) is 34.0 Å². The molecule has 29 heavy (non-hydrogen) atoms. The van der Waals surface area contributed by atoms with E-state index in [-0.39, 0.29) is 6.03 Å². The molecule has 8 nitrogen and oxygen atoms in total. The van der Waals surface area contributed by atoms with Crippen molar-refractivity contribution in [3.8, 4) is 11.5 Å². The summed E-state index contributed by atoms with van der Waals surface area (Å²) in [7, 11) is 0. The molecule has 0 unspecified atom stereocenters. The molecule has 1 aliphatic heterocycles. The number of urea groups is 1. The quantitative estimate of drug-likeness (QED) is 0.648. The van der Waals surface area contributed by atoms with Gasteiger partial charge in [-0.05, 0) is 28.8 Å². The van der Waals surface area contributed by atoms with E-state index in [2.05, 4.69) is 20.7 Å². The van der Waals surface area contributed by atoms with E-state index in [4.69, 9.17) is 21.1 Å². The fraction of sp³-hybridized carbons (Fsp3) is 0.250. The van der Waals surface area contributed by atoms with Crippen molar-refractivity contribution in [1.29, 1.82) is 0 Å². The fourth-order valence-corrected chi connectivity index (χ4v) is 3.25. The van der Waals surface area contributed by atoms with Crippen molar-refractivity contribution in [2.45, 2.75) is 19.6 Å². The Balaban J connectivity index is 1.25. The standard InChI is InChI=1S/C20H20ClN5O3/c21-17-7-16(8-18-19(17)29-6-5-28-18)10-24-20(27)23-9-14-1-3-15(4-2-14)11-26-13-22-12-25-26/h1-4,7-8,12-13H,5-6,9-11H2,(H2,23,24,27). The molecule has 150 valence electrons. The van der Waals surface area contributed by atoms with Gasteiger partial charge in [0, 0.05) is 13.1 Å². The number of ether oxygens (including phenoxy) is 2. The first-order valence-electron chi connectivity index (χ1n) is 9.17. The van der Waals surface area contributed by atoms with E-state index < -0.39 is 0 Å². The highest BCUT2D eigenvalue weighted by Gasteiger charge is 2.16. The van der Waals surface area contributed by atoms with Gasteiger partial charge in [-0.15, -0.1) is 0 Å². The molecule has 0 spiro atoms. The van der Waals surface area contributed by atoms with Crippen LogP contribution in [0.1, 0.15) is 16.7 Å². The van der Waals surface area contributed by atoms with Crippen LogP contribution in [0, 0.1) is 0 Å². The lowest BCUT2D eigenvalue weighted by atomic mass is 10.1. The SMILES string of the molecule is O=C(NCc1ccc(Cn2cncn2)cc1)NCc1cc(Cl)c2c(c1)OCCO2. The zero-order chi connectivity index (χ0) is 20.1. The molecule has 0 saturated carbocycles. The molecule has 9 heteroatoms. The Morgan fingerprint density at radius 1 is 1.03 bits per heavy atom. The second-order valence-electron chi connectivity index (χ2n) is 6.55. The number of carbonyl (C=O) groups is 1. The van der Waals surface area contributed by atoms with Crippen LogP contribution in [0.3, 0.4) is 0 Å². The van der Waals surface area contributed by atoms with Crippen molar-refractivity contribution in [3.05, 3.63) is 70.8 Å². The van der Waals surface area contributed by atoms with E-state index in [0.29, 0.717) is 49.4 Å². The molecular weight excluding hydrogens is 394 g/mol. The zero-order valence-corrected chi connectivity index (χ0v) is 16.4. The number of halogens is 1. The molecule has 3 aromatic rings. The summed E-state index contributed by atoms with van der Waals surface area (Å²) >= 11 is 6.22. The maximum atomic E-state index is 12.1. The Hall–Kier alpha value is -3.26. The molecule has 0 aliphatic carbocycles. The van der Waals surface area contributed by atoms with E-state index >= 15 is 0 Å². The van der Waals surface area contributed by atoms with Crippen LogP contribution in [0.4, 0.5) is 4.79 Å². The number of nitrogens with one attached hydrogen (secondary N) is 2. The van der Waals surface area contributed by atoms with Crippen molar-refractivity contribution >= 4 is 17.6 Å². The Labute approximate surface area is 172 Å². The number of hydrogen-bond donors (Lipinski definition) is 2. The van der Waals surface area contributed by atoms with E-state index in [1.54, 1.807) is 17.1 Å². The Kier molecular flexibility index (Phi) is 5.81. The van der Waals surface area contributed by atoms with Crippen molar-refractivity contribution < 1.29 is 14.3 Å². The number of fused-ring (bicyclic) bond motifs is 1. The van der Waals surface area contributed by atoms with Gasteiger partial charge >= 0.3 is 6.03 Å². The molecule has 0 radical (unpaired) electrons. The minimum absolute atomic E-state index is 0.261. The predicted molar refractivity (Wildman–Crippen MR) is 107 cm³/mol. The van der Waals surface area contributed by atoms with Gasteiger partial charge < -0.3 is 20.1 Å². The first-order chi connectivity index (χ1) is 14.2. The minimum atomic E-state index is -0.261. The van der Waals surface area contributed by atoms with E-state index in [1.807, 2.05) is 30.3 Å². The number of rotatable bonds is 6. The van der Waals surface area contributed by atoms with Gasteiger partial charge in [-0.25, -0.2) is 14.5 Å². The number of nitrogens with zero attached hydrogens (tertiary/aromatic N) is 3. The topological polar surface area (TPSA) is 90.3 Å². The van der Waals surface area contributed by atoms with Crippen LogP contribution in [0.5, 0.6) is 11.5 Å². The van der Waals surface area contributed by atoms with Gasteiger partial charge in [-0.2, -0.15) is 5.10 Å². The smallest absolute Gasteiger partial charge is 0.315 e. The Morgan fingerprint density at radius 3 is 2.52 bits per heavy atom. The van der Waals surface area contributed by atoms with Crippen LogP contribution in [0.15, 0.2) is 49.1 Å². The highest BCUT2D eigenvalue weighted by atomic mass is 35.5. The molecule has 1 aliphatic rings. The molecule has 2 N–H and O–H groups in total. The summed E-state index contributed by atoms with van der Waals surface area (Å²) in [6, 6.07) is 11.3. The maximum absolute atomic E-state index is 12.1. The third-order valence-electron chi connectivity index (χ3n) is 4.40. The van der Waals surface area contributed by atoms with Gasteiger partial charge in [0.15, 0.2) is 11.5 Å². The molecule has 2 heterocycles. The molecule has 0 fully saturated rings. The van der Waals surface area contributed by atoms with Gasteiger partial charge in [0.2, 0.25) is 0 Å². The fourth-order valence-electron chi connectivity index (χ4n) is 2.96. The van der Waals surface area contributed by atoms with E-state index in [9.17, 15) is 4.79 Å². The normalized spacial score (nSPS) is 12.4. The van der Waals surface area contributed by atoms with Crippen molar-refractivity contribution in [1.82, 2.24) is 25.4 Å². The average molecular weight is 414 g/mol. The van der Waals surface area contributed by atoms with E-state index in [0.717, 1.165) is 16.7 Å². The summed E-state index contributed by atoms with van der Waals surface area (Å²) in [5, 5.41) is 10.2. The number of hydrogen-bond acceptors (Lipinski definition) is 5. The zero-order valence-electron chi connectivity index (χ0n) is 15.6. The maximum Gasteiger partial charge on any atom is 0.315 e. The summed E-state index contributed by atoms with van der Waals surface area (Å²) in [5.41, 5.74) is 2.95. The van der Waals surface area contributed by atoms with Crippen LogP contribution < -0.4 is 20.1 Å². The van der Waals surface area contributed by atoms with Crippen molar-refractivity contribution in [3.63, 3.8) is 0 Å². The molecule has 1 aromatic heterocycles. The largest absolute Gasteiger partial charge is 0.486 e. The number of amides is 2. The number of carbonyl (C=O) groups excluding carboxylic acids is 1. The average Bonchev–Trinajstić information content (AvgIpc) is 3.25. The number of benzene rings is 2. The minimum Gasteiger partial charge on any atom is -0.486 e. The van der Waals surface area contributed by atoms with Crippen LogP contribution in [0.25, 0.3) is 0 Å². The van der Waals surface area contributed by atoms with Gasteiger partial charge in [0.1, 0.15) is 25.9 Å². The third-order valence-corrected chi connectivity index (χ3v) is 4.68. The summed E-state index contributed by atoms with van der Waals surface area (Å²) < 4.78 is 12.8. The summed E-state index contributed by atoms with van der Waals surface area (Å²) in [5.74, 6) is 1.16. The summed E-state index contributed by atoms with van der Waals surface area (Å²) in [6.07, 6.45) is 3.19. The van der Waals surface area contributed by atoms with Crippen LogP contribution in [-0.2, 0) is 19.6 Å². The van der Waals surface area contributed by atoms with Gasteiger partial charge in [0.25, 0.3) is 0 Å². The predicted octanol–water partition coefficient (Wildman–Crippen LogP) is 2.75. The number of aromatic nitrogens is 3. The molecule has 0 saturated heterocycles. The second-order valence-corrected chi connectivity index (χ2v) is 6.95. The molecule has 2 aromatic carbocycles. The molecule has 4 rings (SSSR count). The highest BCUT2D eigenvalue weighted by Crippen LogP contribution is 2.38. The second kappa shape index (κ2) is 8.83. The van der Waals surface area contributed by atoms with Crippen LogP contribution in [0.2, 0.25) is 5.02 Å². The van der Waals surface area contributed by atoms with Gasteiger partial charge in [-0.3, -0.25) is 0 Å². The lowest BCUT2D eigenvalue weighted by molar-refractivity contribution is 0.171. The van der Waals surface area contributed by atoms with Crippen molar-refractivity contribution in [2.75, 3.05) is 13.2 Å². The van der Waals surface area contributed by atoms with Gasteiger partial charge in [0.05, 0.1) is 11.6 Å². The lowest BCUT2D eigenvalue weighted by Gasteiger charge is -2.20. The molecule has 2 amide bonds. The lowest BCUT2D eigenvalue weighted by Crippen LogP contribution is -2.34. The molecule has 0 atom stereocenters. The molecule has 0 bridgehead atoms. The van der Waals surface area contributed by atoms with E-state index in [1.165, 1.54) is 6.33 Å².